The highest BCUT2D eigenvalue weighted by atomic mass is 15.2. The lowest BCUT2D eigenvalue weighted by Crippen LogP contribution is -2.36. The quantitative estimate of drug-likeness (QED) is 0.603. The highest BCUT2D eigenvalue weighted by Gasteiger charge is 2.28. The number of anilines is 1. The molecule has 0 aliphatic rings. The molecule has 0 saturated carbocycles. The van der Waals surface area contributed by atoms with Gasteiger partial charge in [0.25, 0.3) is 0 Å². The standard InChI is InChI=1S/C23H31N3/c1-16-10-8-12-18(14-16)19-21(25-23(6,7)15-22(3,4)5)26-13-9-11-17(2)20(26)24-19/h8-14,25H,15H2,1-7H3. The van der Waals surface area contributed by atoms with Crippen molar-refractivity contribution in [3.05, 3.63) is 53.7 Å². The maximum Gasteiger partial charge on any atom is 0.142 e. The maximum absolute atomic E-state index is 5.00. The summed E-state index contributed by atoms with van der Waals surface area (Å²) >= 11 is 0. The molecule has 0 aliphatic carbocycles. The normalized spacial score (nSPS) is 12.6. The van der Waals surface area contributed by atoms with Crippen molar-refractivity contribution >= 4 is 11.5 Å². The van der Waals surface area contributed by atoms with E-state index in [1.165, 1.54) is 11.1 Å². The van der Waals surface area contributed by atoms with E-state index >= 15 is 0 Å². The van der Waals surface area contributed by atoms with Crippen LogP contribution in [0, 0.1) is 19.3 Å². The predicted octanol–water partition coefficient (Wildman–Crippen LogP) is 6.24. The van der Waals surface area contributed by atoms with E-state index in [9.17, 15) is 0 Å². The molecule has 1 aromatic carbocycles. The van der Waals surface area contributed by atoms with Crippen molar-refractivity contribution in [3.63, 3.8) is 0 Å². The zero-order chi connectivity index (χ0) is 19.1. The lowest BCUT2D eigenvalue weighted by atomic mass is 9.82. The summed E-state index contributed by atoms with van der Waals surface area (Å²) in [6.07, 6.45) is 3.16. The SMILES string of the molecule is Cc1cccc(-c2nc3c(C)cccn3c2NC(C)(C)CC(C)(C)C)c1. The van der Waals surface area contributed by atoms with Gasteiger partial charge in [-0.05, 0) is 57.2 Å². The first-order valence-electron chi connectivity index (χ1n) is 9.39. The number of aryl methyl sites for hydroxylation is 2. The summed E-state index contributed by atoms with van der Waals surface area (Å²) in [5.74, 6) is 1.07. The number of imidazole rings is 1. The fourth-order valence-corrected chi connectivity index (χ4v) is 4.01. The van der Waals surface area contributed by atoms with E-state index in [2.05, 4.69) is 101 Å². The lowest BCUT2D eigenvalue weighted by molar-refractivity contribution is 0.302. The van der Waals surface area contributed by atoms with Crippen molar-refractivity contribution in [1.82, 2.24) is 9.38 Å². The highest BCUT2D eigenvalue weighted by molar-refractivity contribution is 5.78. The van der Waals surface area contributed by atoms with Crippen LogP contribution in [0.3, 0.4) is 0 Å². The predicted molar refractivity (Wildman–Crippen MR) is 112 cm³/mol. The van der Waals surface area contributed by atoms with Gasteiger partial charge in [0.15, 0.2) is 0 Å². The first-order valence-corrected chi connectivity index (χ1v) is 9.39. The third kappa shape index (κ3) is 3.92. The van der Waals surface area contributed by atoms with Gasteiger partial charge in [-0.2, -0.15) is 0 Å². The van der Waals surface area contributed by atoms with Gasteiger partial charge in [-0.1, -0.05) is 50.6 Å². The number of fused-ring (bicyclic) bond motifs is 1. The molecule has 3 heteroatoms. The molecule has 0 fully saturated rings. The molecule has 2 heterocycles. The number of pyridine rings is 1. The van der Waals surface area contributed by atoms with Crippen molar-refractivity contribution in [2.24, 2.45) is 5.41 Å². The molecule has 0 bridgehead atoms. The Morgan fingerprint density at radius 3 is 2.38 bits per heavy atom. The molecule has 1 N–H and O–H groups in total. The van der Waals surface area contributed by atoms with Crippen LogP contribution < -0.4 is 5.32 Å². The van der Waals surface area contributed by atoms with Crippen molar-refractivity contribution in [2.75, 3.05) is 5.32 Å². The molecule has 0 aliphatic heterocycles. The smallest absolute Gasteiger partial charge is 0.142 e. The number of nitrogens with zero attached hydrogens (tertiary/aromatic N) is 2. The van der Waals surface area contributed by atoms with Crippen LogP contribution in [0.25, 0.3) is 16.9 Å². The van der Waals surface area contributed by atoms with Crippen molar-refractivity contribution < 1.29 is 0 Å². The van der Waals surface area contributed by atoms with Crippen molar-refractivity contribution in [1.29, 1.82) is 0 Å². The Morgan fingerprint density at radius 2 is 1.73 bits per heavy atom. The Labute approximate surface area is 157 Å². The molecular formula is C23H31N3. The lowest BCUT2D eigenvalue weighted by Gasteiger charge is -2.34. The van der Waals surface area contributed by atoms with Crippen molar-refractivity contribution in [2.45, 2.75) is 60.4 Å². The average molecular weight is 350 g/mol. The summed E-state index contributed by atoms with van der Waals surface area (Å²) in [4.78, 5) is 5.00. The van der Waals surface area contributed by atoms with Crippen LogP contribution in [0.15, 0.2) is 42.6 Å². The molecule has 0 saturated heterocycles. The second-order valence-corrected chi connectivity index (χ2v) is 9.31. The van der Waals surface area contributed by atoms with Crippen LogP contribution >= 0.6 is 0 Å². The third-order valence-corrected chi connectivity index (χ3v) is 4.57. The fraction of sp³-hybridized carbons (Fsp3) is 0.435. The number of rotatable bonds is 4. The highest BCUT2D eigenvalue weighted by Crippen LogP contribution is 2.35. The second-order valence-electron chi connectivity index (χ2n) is 9.31. The molecule has 26 heavy (non-hydrogen) atoms. The van der Waals surface area contributed by atoms with Gasteiger partial charge in [0.2, 0.25) is 0 Å². The van der Waals surface area contributed by atoms with Gasteiger partial charge in [0.1, 0.15) is 17.2 Å². The maximum atomic E-state index is 5.00. The minimum absolute atomic E-state index is 0.0451. The second kappa shape index (κ2) is 6.46. The van der Waals surface area contributed by atoms with Crippen LogP contribution in [0.4, 0.5) is 5.82 Å². The fourth-order valence-electron chi connectivity index (χ4n) is 4.01. The van der Waals surface area contributed by atoms with Gasteiger partial charge in [0.05, 0.1) is 0 Å². The average Bonchev–Trinajstić information content (AvgIpc) is 2.84. The van der Waals surface area contributed by atoms with E-state index in [1.54, 1.807) is 0 Å². The molecule has 0 spiro atoms. The Bertz CT molecular complexity index is 926. The zero-order valence-electron chi connectivity index (χ0n) is 17.1. The van der Waals surface area contributed by atoms with E-state index in [-0.39, 0.29) is 11.0 Å². The van der Waals surface area contributed by atoms with Gasteiger partial charge in [-0.15, -0.1) is 0 Å². The third-order valence-electron chi connectivity index (χ3n) is 4.57. The van der Waals surface area contributed by atoms with Crippen LogP contribution in [0.5, 0.6) is 0 Å². The zero-order valence-corrected chi connectivity index (χ0v) is 17.1. The molecule has 0 amide bonds. The van der Waals surface area contributed by atoms with Gasteiger partial charge >= 0.3 is 0 Å². The van der Waals surface area contributed by atoms with E-state index in [1.807, 2.05) is 0 Å². The van der Waals surface area contributed by atoms with Gasteiger partial charge in [0, 0.05) is 17.3 Å². The number of benzene rings is 1. The Balaban J connectivity index is 2.16. The molecule has 2 aromatic heterocycles. The van der Waals surface area contributed by atoms with Crippen LogP contribution in [-0.4, -0.2) is 14.9 Å². The summed E-state index contributed by atoms with van der Waals surface area (Å²) in [7, 11) is 0. The largest absolute Gasteiger partial charge is 0.364 e. The van der Waals surface area contributed by atoms with Crippen LogP contribution in [0.1, 0.15) is 52.2 Å². The topological polar surface area (TPSA) is 29.3 Å². The summed E-state index contributed by atoms with van der Waals surface area (Å²) in [5, 5.41) is 3.81. The first-order chi connectivity index (χ1) is 12.1. The molecule has 3 nitrogen and oxygen atoms in total. The molecule has 3 aromatic rings. The Hall–Kier alpha value is -2.29. The Kier molecular flexibility index (Phi) is 4.60. The summed E-state index contributed by atoms with van der Waals surface area (Å²) in [5.41, 5.74) is 5.82. The summed E-state index contributed by atoms with van der Waals surface area (Å²) < 4.78 is 2.19. The number of nitrogens with one attached hydrogen (secondary N) is 1. The van der Waals surface area contributed by atoms with E-state index in [4.69, 9.17) is 4.98 Å². The Morgan fingerprint density at radius 1 is 1.00 bits per heavy atom. The van der Waals surface area contributed by atoms with E-state index < -0.39 is 0 Å². The first kappa shape index (κ1) is 18.5. The van der Waals surface area contributed by atoms with Gasteiger partial charge < -0.3 is 5.32 Å². The monoisotopic (exact) mass is 349 g/mol. The van der Waals surface area contributed by atoms with Crippen molar-refractivity contribution in [3.8, 4) is 11.3 Å². The molecule has 0 atom stereocenters. The van der Waals surface area contributed by atoms with E-state index in [0.29, 0.717) is 0 Å². The number of hydrogen-bond acceptors (Lipinski definition) is 2. The minimum Gasteiger partial charge on any atom is -0.364 e. The number of aromatic nitrogens is 2. The molecule has 138 valence electrons. The molecule has 0 radical (unpaired) electrons. The molecule has 3 rings (SSSR count). The minimum atomic E-state index is -0.0451. The molecular weight excluding hydrogens is 318 g/mol. The summed E-state index contributed by atoms with van der Waals surface area (Å²) in [6.45, 7) is 15.7. The van der Waals surface area contributed by atoms with Gasteiger partial charge in [-0.3, -0.25) is 4.40 Å². The number of hydrogen-bond donors (Lipinski definition) is 1. The van der Waals surface area contributed by atoms with Gasteiger partial charge in [-0.25, -0.2) is 4.98 Å². The summed E-state index contributed by atoms with van der Waals surface area (Å²) in [6, 6.07) is 12.8. The van der Waals surface area contributed by atoms with Crippen LogP contribution in [0.2, 0.25) is 0 Å². The van der Waals surface area contributed by atoms with Crippen LogP contribution in [-0.2, 0) is 0 Å². The van der Waals surface area contributed by atoms with E-state index in [0.717, 1.165) is 29.1 Å². The molecule has 0 unspecified atom stereocenters.